The molecule has 5 heteroatoms. The third-order valence-electron chi connectivity index (χ3n) is 1.65. The van der Waals surface area contributed by atoms with Crippen LogP contribution in [0.3, 0.4) is 0 Å². The predicted octanol–water partition coefficient (Wildman–Crippen LogP) is 0.608. The van der Waals surface area contributed by atoms with Crippen molar-refractivity contribution in [1.82, 2.24) is 15.0 Å². The van der Waals surface area contributed by atoms with Crippen molar-refractivity contribution in [2.45, 2.75) is 20.3 Å². The van der Waals surface area contributed by atoms with Crippen LogP contribution in [-0.2, 0) is 0 Å². The van der Waals surface area contributed by atoms with Gasteiger partial charge in [-0.3, -0.25) is 0 Å². The van der Waals surface area contributed by atoms with Gasteiger partial charge in [0.25, 0.3) is 0 Å². The first-order valence-corrected chi connectivity index (χ1v) is 4.32. The number of hydrogen-bond donors (Lipinski definition) is 1. The number of rotatable bonds is 3. The summed E-state index contributed by atoms with van der Waals surface area (Å²) in [6.45, 7) is 4.83. The monoisotopic (exact) mass is 181 g/mol. The minimum Gasteiger partial charge on any atom is -0.368 e. The highest BCUT2D eigenvalue weighted by Gasteiger charge is 2.04. The van der Waals surface area contributed by atoms with Crippen molar-refractivity contribution >= 4 is 11.9 Å². The van der Waals surface area contributed by atoms with Crippen LogP contribution in [0.2, 0.25) is 0 Å². The van der Waals surface area contributed by atoms with E-state index in [1.54, 1.807) is 6.92 Å². The molecule has 0 saturated heterocycles. The third-order valence-corrected chi connectivity index (χ3v) is 1.65. The molecule has 0 saturated carbocycles. The average Bonchev–Trinajstić information content (AvgIpc) is 2.03. The Labute approximate surface area is 78.0 Å². The molecular formula is C8H15N5. The number of nitrogens with two attached hydrogens (primary N) is 1. The predicted molar refractivity (Wildman–Crippen MR) is 52.5 cm³/mol. The molecule has 0 amide bonds. The Morgan fingerprint density at radius 2 is 2.00 bits per heavy atom. The Balaban J connectivity index is 2.87. The number of aromatic nitrogens is 3. The zero-order chi connectivity index (χ0) is 9.84. The van der Waals surface area contributed by atoms with E-state index in [0.717, 1.165) is 13.0 Å². The van der Waals surface area contributed by atoms with Gasteiger partial charge in [0.15, 0.2) is 0 Å². The smallest absolute Gasteiger partial charge is 0.230 e. The molecule has 0 atom stereocenters. The largest absolute Gasteiger partial charge is 0.368 e. The molecule has 0 unspecified atom stereocenters. The van der Waals surface area contributed by atoms with Gasteiger partial charge in [0, 0.05) is 13.6 Å². The van der Waals surface area contributed by atoms with Gasteiger partial charge in [0.2, 0.25) is 11.9 Å². The second kappa shape index (κ2) is 4.02. The van der Waals surface area contributed by atoms with Crippen LogP contribution in [0.1, 0.15) is 19.2 Å². The van der Waals surface area contributed by atoms with Gasteiger partial charge in [-0.05, 0) is 13.3 Å². The van der Waals surface area contributed by atoms with Crippen LogP contribution in [0.4, 0.5) is 11.9 Å². The van der Waals surface area contributed by atoms with Crippen LogP contribution >= 0.6 is 0 Å². The van der Waals surface area contributed by atoms with E-state index < -0.39 is 0 Å². The lowest BCUT2D eigenvalue weighted by Gasteiger charge is -2.15. The molecular weight excluding hydrogens is 166 g/mol. The molecule has 0 aliphatic rings. The van der Waals surface area contributed by atoms with Crippen LogP contribution in [-0.4, -0.2) is 28.5 Å². The number of nitrogen functional groups attached to an aromatic ring is 1. The van der Waals surface area contributed by atoms with E-state index >= 15 is 0 Å². The van der Waals surface area contributed by atoms with Gasteiger partial charge in [0.05, 0.1) is 0 Å². The second-order valence-electron chi connectivity index (χ2n) is 2.96. The summed E-state index contributed by atoms with van der Waals surface area (Å²) in [5, 5.41) is 0. The highest BCUT2D eigenvalue weighted by atomic mass is 15.3. The fourth-order valence-electron chi connectivity index (χ4n) is 1.09. The number of nitrogens with zero attached hydrogens (tertiary/aromatic N) is 4. The lowest BCUT2D eigenvalue weighted by Crippen LogP contribution is -2.21. The lowest BCUT2D eigenvalue weighted by atomic mass is 10.4. The summed E-state index contributed by atoms with van der Waals surface area (Å²) in [6.07, 6.45) is 1.06. The fraction of sp³-hybridized carbons (Fsp3) is 0.625. The normalized spacial score (nSPS) is 10.1. The molecule has 0 aromatic carbocycles. The van der Waals surface area contributed by atoms with Crippen LogP contribution in [0, 0.1) is 6.92 Å². The van der Waals surface area contributed by atoms with Crippen molar-refractivity contribution in [3.8, 4) is 0 Å². The molecule has 1 heterocycles. The zero-order valence-electron chi connectivity index (χ0n) is 8.28. The molecule has 5 nitrogen and oxygen atoms in total. The summed E-state index contributed by atoms with van der Waals surface area (Å²) in [5.74, 6) is 1.59. The number of hydrogen-bond acceptors (Lipinski definition) is 5. The summed E-state index contributed by atoms with van der Waals surface area (Å²) < 4.78 is 0. The SMILES string of the molecule is CCCN(C)c1nc(C)nc(N)n1. The van der Waals surface area contributed by atoms with Gasteiger partial charge >= 0.3 is 0 Å². The maximum absolute atomic E-state index is 5.50. The molecule has 0 spiro atoms. The van der Waals surface area contributed by atoms with Crippen molar-refractivity contribution < 1.29 is 0 Å². The van der Waals surface area contributed by atoms with Crippen molar-refractivity contribution in [1.29, 1.82) is 0 Å². The molecule has 0 fully saturated rings. The van der Waals surface area contributed by atoms with Gasteiger partial charge < -0.3 is 10.6 Å². The number of anilines is 2. The van der Waals surface area contributed by atoms with Gasteiger partial charge in [-0.15, -0.1) is 0 Å². The summed E-state index contributed by atoms with van der Waals surface area (Å²) in [5.41, 5.74) is 5.50. The minimum atomic E-state index is 0.283. The Hall–Kier alpha value is -1.39. The second-order valence-corrected chi connectivity index (χ2v) is 2.96. The maximum Gasteiger partial charge on any atom is 0.230 e. The molecule has 72 valence electrons. The average molecular weight is 181 g/mol. The first kappa shape index (κ1) is 9.70. The standard InChI is InChI=1S/C8H15N5/c1-4-5-13(3)8-11-6(2)10-7(9)12-8/h4-5H2,1-3H3,(H2,9,10,11,12). The molecule has 1 rings (SSSR count). The fourth-order valence-corrected chi connectivity index (χ4v) is 1.09. The van der Waals surface area contributed by atoms with E-state index in [1.807, 2.05) is 11.9 Å². The minimum absolute atomic E-state index is 0.283. The quantitative estimate of drug-likeness (QED) is 0.740. The molecule has 0 radical (unpaired) electrons. The van der Waals surface area contributed by atoms with Crippen molar-refractivity contribution in [3.63, 3.8) is 0 Å². The molecule has 13 heavy (non-hydrogen) atoms. The van der Waals surface area contributed by atoms with E-state index in [1.165, 1.54) is 0 Å². The zero-order valence-corrected chi connectivity index (χ0v) is 8.28. The summed E-state index contributed by atoms with van der Waals surface area (Å²) in [6, 6.07) is 0. The summed E-state index contributed by atoms with van der Waals surface area (Å²) in [7, 11) is 1.94. The van der Waals surface area contributed by atoms with Crippen LogP contribution in [0.25, 0.3) is 0 Å². The Kier molecular flexibility index (Phi) is 3.00. The van der Waals surface area contributed by atoms with Gasteiger partial charge in [-0.1, -0.05) is 6.92 Å². The van der Waals surface area contributed by atoms with E-state index in [9.17, 15) is 0 Å². The molecule has 0 bridgehead atoms. The molecule has 0 aliphatic carbocycles. The Bertz CT molecular complexity index is 266. The molecule has 1 aromatic rings. The van der Waals surface area contributed by atoms with E-state index in [0.29, 0.717) is 11.8 Å². The number of aryl methyl sites for hydroxylation is 1. The lowest BCUT2D eigenvalue weighted by molar-refractivity contribution is 0.805. The van der Waals surface area contributed by atoms with E-state index in [-0.39, 0.29) is 5.95 Å². The summed E-state index contributed by atoms with van der Waals surface area (Å²) in [4.78, 5) is 14.1. The first-order valence-electron chi connectivity index (χ1n) is 4.32. The van der Waals surface area contributed by atoms with Crippen molar-refractivity contribution in [3.05, 3.63) is 5.82 Å². The van der Waals surface area contributed by atoms with Crippen molar-refractivity contribution in [2.75, 3.05) is 24.2 Å². The molecule has 2 N–H and O–H groups in total. The summed E-state index contributed by atoms with van der Waals surface area (Å²) >= 11 is 0. The van der Waals surface area contributed by atoms with Gasteiger partial charge in [0.1, 0.15) is 5.82 Å². The molecule has 1 aromatic heterocycles. The molecule has 0 aliphatic heterocycles. The Morgan fingerprint density at radius 1 is 1.31 bits per heavy atom. The first-order chi connectivity index (χ1) is 6.13. The third kappa shape index (κ3) is 2.54. The topological polar surface area (TPSA) is 67.9 Å². The van der Waals surface area contributed by atoms with E-state index in [2.05, 4.69) is 21.9 Å². The highest BCUT2D eigenvalue weighted by molar-refractivity contribution is 5.33. The maximum atomic E-state index is 5.50. The van der Waals surface area contributed by atoms with Crippen LogP contribution in [0.5, 0.6) is 0 Å². The van der Waals surface area contributed by atoms with Gasteiger partial charge in [-0.2, -0.15) is 15.0 Å². The highest BCUT2D eigenvalue weighted by Crippen LogP contribution is 2.06. The van der Waals surface area contributed by atoms with Crippen molar-refractivity contribution in [2.24, 2.45) is 0 Å². The van der Waals surface area contributed by atoms with Gasteiger partial charge in [-0.25, -0.2) is 0 Å². The van der Waals surface area contributed by atoms with Crippen LogP contribution < -0.4 is 10.6 Å². The Morgan fingerprint density at radius 3 is 2.54 bits per heavy atom. The van der Waals surface area contributed by atoms with Crippen LogP contribution in [0.15, 0.2) is 0 Å². The van der Waals surface area contributed by atoms with E-state index in [4.69, 9.17) is 5.73 Å².